The van der Waals surface area contributed by atoms with Gasteiger partial charge in [0.2, 0.25) is 0 Å². The van der Waals surface area contributed by atoms with E-state index in [0.29, 0.717) is 6.61 Å². The fraction of sp³-hybridized carbons (Fsp3) is 0.556. The van der Waals surface area contributed by atoms with E-state index >= 15 is 0 Å². The molecule has 1 fully saturated rings. The fourth-order valence-electron chi connectivity index (χ4n) is 1.25. The highest BCUT2D eigenvalue weighted by Crippen LogP contribution is 2.18. The minimum absolute atomic E-state index is 0.000528. The zero-order valence-corrected chi connectivity index (χ0v) is 7.79. The summed E-state index contributed by atoms with van der Waals surface area (Å²) in [5, 5.41) is 11.3. The van der Waals surface area contributed by atoms with Gasteiger partial charge < -0.3 is 15.2 Å². The lowest BCUT2D eigenvalue weighted by molar-refractivity contribution is -0.146. The van der Waals surface area contributed by atoms with Gasteiger partial charge in [0.15, 0.2) is 5.54 Å². The molecule has 0 spiro atoms. The highest BCUT2D eigenvalue weighted by Gasteiger charge is 2.43. The molecule has 0 bridgehead atoms. The third kappa shape index (κ3) is 2.03. The number of aliphatic carboxylic acids is 1. The molecule has 1 aliphatic rings. The molecule has 0 aliphatic carbocycles. The fourth-order valence-corrected chi connectivity index (χ4v) is 1.25. The Balaban J connectivity index is 2.73. The first-order valence-corrected chi connectivity index (χ1v) is 4.17. The second-order valence-electron chi connectivity index (χ2n) is 3.02. The maximum absolute atomic E-state index is 11.1. The Morgan fingerprint density at radius 2 is 2.29 bits per heavy atom. The number of nitrogens with one attached hydrogen (secondary N) is 1. The summed E-state index contributed by atoms with van der Waals surface area (Å²) in [4.78, 5) is 22.0. The van der Waals surface area contributed by atoms with Crippen molar-refractivity contribution in [3.05, 3.63) is 0 Å². The van der Waals surface area contributed by atoms with E-state index in [1.165, 1.54) is 6.92 Å². The van der Waals surface area contributed by atoms with Crippen LogP contribution in [0.4, 0.5) is 0 Å². The van der Waals surface area contributed by atoms with Crippen LogP contribution >= 0.6 is 0 Å². The van der Waals surface area contributed by atoms with Crippen molar-refractivity contribution in [1.29, 1.82) is 0 Å². The Bertz CT molecular complexity index is 307. The van der Waals surface area contributed by atoms with E-state index in [2.05, 4.69) is 17.2 Å². The molecule has 0 aromatic rings. The number of carboxylic acid groups (broad SMARTS) is 1. The van der Waals surface area contributed by atoms with Gasteiger partial charge in [0.05, 0.1) is 6.61 Å². The number of carbonyl (C=O) groups excluding carboxylic acids is 1. The summed E-state index contributed by atoms with van der Waals surface area (Å²) in [6, 6.07) is 0. The first-order valence-electron chi connectivity index (χ1n) is 4.17. The Hall–Kier alpha value is -1.54. The van der Waals surface area contributed by atoms with Crippen LogP contribution in [-0.2, 0) is 14.3 Å². The van der Waals surface area contributed by atoms with Crippen molar-refractivity contribution in [2.24, 2.45) is 0 Å². The van der Waals surface area contributed by atoms with Gasteiger partial charge in [-0.2, -0.15) is 0 Å². The SMILES string of the molecule is CC#CC(=O)NC1(C(=O)O)CCOC1. The molecule has 14 heavy (non-hydrogen) atoms. The zero-order valence-electron chi connectivity index (χ0n) is 7.79. The number of rotatable bonds is 2. The summed E-state index contributed by atoms with van der Waals surface area (Å²) < 4.78 is 4.96. The summed E-state index contributed by atoms with van der Waals surface area (Å²) >= 11 is 0. The highest BCUT2D eigenvalue weighted by atomic mass is 16.5. The summed E-state index contributed by atoms with van der Waals surface area (Å²) in [5.74, 6) is 2.97. The third-order valence-electron chi connectivity index (χ3n) is 2.02. The molecule has 0 aromatic carbocycles. The molecule has 0 aromatic heterocycles. The molecule has 1 rings (SSSR count). The lowest BCUT2D eigenvalue weighted by Gasteiger charge is -2.21. The quantitative estimate of drug-likeness (QED) is 0.578. The molecular formula is C9H11NO4. The molecule has 1 atom stereocenters. The van der Waals surface area contributed by atoms with Gasteiger partial charge in [0.25, 0.3) is 5.91 Å². The van der Waals surface area contributed by atoms with E-state index in [1.54, 1.807) is 0 Å². The number of carboxylic acids is 1. The average molecular weight is 197 g/mol. The van der Waals surface area contributed by atoms with Crippen molar-refractivity contribution < 1.29 is 19.4 Å². The van der Waals surface area contributed by atoms with Gasteiger partial charge in [-0.25, -0.2) is 4.79 Å². The molecule has 1 amide bonds. The highest BCUT2D eigenvalue weighted by molar-refractivity contribution is 5.97. The molecule has 5 nitrogen and oxygen atoms in total. The summed E-state index contributed by atoms with van der Waals surface area (Å²) in [6.45, 7) is 1.85. The largest absolute Gasteiger partial charge is 0.479 e. The lowest BCUT2D eigenvalue weighted by Crippen LogP contribution is -2.54. The molecule has 0 saturated carbocycles. The molecule has 1 heterocycles. The van der Waals surface area contributed by atoms with Crippen molar-refractivity contribution in [3.63, 3.8) is 0 Å². The lowest BCUT2D eigenvalue weighted by atomic mass is 9.99. The van der Waals surface area contributed by atoms with Gasteiger partial charge in [-0.05, 0) is 12.8 Å². The number of hydrogen-bond donors (Lipinski definition) is 2. The number of ether oxygens (including phenoxy) is 1. The second kappa shape index (κ2) is 4.11. The van der Waals surface area contributed by atoms with Crippen LogP contribution in [0.25, 0.3) is 0 Å². The van der Waals surface area contributed by atoms with Crippen LogP contribution in [0.5, 0.6) is 0 Å². The van der Waals surface area contributed by atoms with Crippen LogP contribution in [0.1, 0.15) is 13.3 Å². The first kappa shape index (κ1) is 10.5. The van der Waals surface area contributed by atoms with Crippen molar-refractivity contribution >= 4 is 11.9 Å². The predicted octanol–water partition coefficient (Wildman–Crippen LogP) is -0.630. The van der Waals surface area contributed by atoms with Gasteiger partial charge in [-0.15, -0.1) is 0 Å². The maximum atomic E-state index is 11.1. The second-order valence-corrected chi connectivity index (χ2v) is 3.02. The van der Waals surface area contributed by atoms with Crippen molar-refractivity contribution in [2.45, 2.75) is 18.9 Å². The number of amides is 1. The van der Waals surface area contributed by atoms with Crippen LogP contribution in [-0.4, -0.2) is 35.7 Å². The normalized spacial score (nSPS) is 24.9. The molecule has 1 saturated heterocycles. The number of hydrogen-bond acceptors (Lipinski definition) is 3. The van der Waals surface area contributed by atoms with Crippen LogP contribution in [0.3, 0.4) is 0 Å². The Labute approximate surface area is 81.4 Å². The van der Waals surface area contributed by atoms with Crippen molar-refractivity contribution in [3.8, 4) is 11.8 Å². The molecule has 76 valence electrons. The van der Waals surface area contributed by atoms with Crippen LogP contribution in [0.15, 0.2) is 0 Å². The van der Waals surface area contributed by atoms with Crippen molar-refractivity contribution in [1.82, 2.24) is 5.32 Å². The van der Waals surface area contributed by atoms with E-state index in [4.69, 9.17) is 9.84 Å². The van der Waals surface area contributed by atoms with Crippen molar-refractivity contribution in [2.75, 3.05) is 13.2 Å². The van der Waals surface area contributed by atoms with Gasteiger partial charge in [0, 0.05) is 13.0 Å². The molecule has 1 aliphatic heterocycles. The topological polar surface area (TPSA) is 75.6 Å². The maximum Gasteiger partial charge on any atom is 0.331 e. The van der Waals surface area contributed by atoms with Crippen LogP contribution < -0.4 is 5.32 Å². The summed E-state index contributed by atoms with van der Waals surface area (Å²) in [7, 11) is 0. The van der Waals surface area contributed by atoms with Gasteiger partial charge in [-0.1, -0.05) is 5.92 Å². The minimum atomic E-state index is -1.29. The average Bonchev–Trinajstić information content (AvgIpc) is 2.54. The molecule has 1 unspecified atom stereocenters. The predicted molar refractivity (Wildman–Crippen MR) is 47.4 cm³/mol. The molecule has 0 radical (unpaired) electrons. The number of carbonyl (C=O) groups is 2. The molecule has 2 N–H and O–H groups in total. The van der Waals surface area contributed by atoms with E-state index in [1.807, 2.05) is 0 Å². The minimum Gasteiger partial charge on any atom is -0.479 e. The Kier molecular flexibility index (Phi) is 3.10. The van der Waals surface area contributed by atoms with Gasteiger partial charge in [-0.3, -0.25) is 4.79 Å². The monoisotopic (exact) mass is 197 g/mol. The standard InChI is InChI=1S/C9H11NO4/c1-2-3-7(11)10-9(8(12)13)4-5-14-6-9/h4-6H2,1H3,(H,10,11)(H,12,13). The van der Waals surface area contributed by atoms with E-state index in [9.17, 15) is 9.59 Å². The van der Waals surface area contributed by atoms with E-state index in [-0.39, 0.29) is 13.0 Å². The van der Waals surface area contributed by atoms with Crippen LogP contribution in [0, 0.1) is 11.8 Å². The van der Waals surface area contributed by atoms with E-state index in [0.717, 1.165) is 0 Å². The first-order chi connectivity index (χ1) is 6.60. The summed E-state index contributed by atoms with van der Waals surface area (Å²) in [5.41, 5.74) is -1.29. The Morgan fingerprint density at radius 1 is 1.57 bits per heavy atom. The van der Waals surface area contributed by atoms with Gasteiger partial charge >= 0.3 is 5.97 Å². The van der Waals surface area contributed by atoms with Gasteiger partial charge in [0.1, 0.15) is 0 Å². The van der Waals surface area contributed by atoms with Crippen LogP contribution in [0.2, 0.25) is 0 Å². The third-order valence-corrected chi connectivity index (χ3v) is 2.02. The zero-order chi connectivity index (χ0) is 10.6. The van der Waals surface area contributed by atoms with E-state index < -0.39 is 17.4 Å². The molecular weight excluding hydrogens is 186 g/mol. The smallest absolute Gasteiger partial charge is 0.331 e. The summed E-state index contributed by atoms with van der Waals surface area (Å²) in [6.07, 6.45) is 0.277. The Morgan fingerprint density at radius 3 is 2.71 bits per heavy atom. The molecule has 5 heteroatoms.